The number of H-pyrrole nitrogens is 2. The average Bonchev–Trinajstić information content (AvgIpc) is 3.41. The van der Waals surface area contributed by atoms with Crippen LogP contribution in [0.2, 0.25) is 0 Å². The molecule has 3 saturated heterocycles. The number of rotatable bonds is 12. The first-order valence-corrected chi connectivity index (χ1v) is 15.6. The number of allylic oxidation sites excluding steroid dienone is 2. The minimum atomic E-state index is -0.871. The van der Waals surface area contributed by atoms with Crippen LogP contribution in [0.15, 0.2) is 17.3 Å². The smallest absolute Gasteiger partial charge is 0.311 e. The standard InChI is InChI=1S/C33H44N4O7/c1-7-20-16(3)26(36-32(20)42)13-24-17(4)22(9-11-30(38)39)27(34-24)15-28-23(10-12-31(40)41)18(5)25(35-28)14-29-21(8-2)19(6)33(37-29)43-44-33/h7,14,16,19,21,26,34-35,37H,8-13,15H2,1-6H3,(H,36,42)(H,38,39)(H,40,41)/b20-7-,29-14-/t16?,19-,21-,26-/m1/s1. The maximum absolute atomic E-state index is 12.5. The molecule has 11 nitrogen and oxygen atoms in total. The minimum absolute atomic E-state index is 0.00716. The van der Waals surface area contributed by atoms with Crippen LogP contribution in [0.3, 0.4) is 0 Å². The summed E-state index contributed by atoms with van der Waals surface area (Å²) in [5.41, 5.74) is 9.31. The molecule has 2 aromatic heterocycles. The molecule has 0 bridgehead atoms. The summed E-state index contributed by atoms with van der Waals surface area (Å²) in [6.45, 7) is 12.1. The summed E-state index contributed by atoms with van der Waals surface area (Å²) < 4.78 is 0. The molecular formula is C33H44N4O7. The Morgan fingerprint density at radius 3 is 2.11 bits per heavy atom. The molecule has 5 heterocycles. The molecule has 2 aromatic rings. The van der Waals surface area contributed by atoms with Crippen molar-refractivity contribution in [2.45, 2.75) is 98.4 Å². The highest BCUT2D eigenvalue weighted by Crippen LogP contribution is 2.49. The van der Waals surface area contributed by atoms with E-state index in [9.17, 15) is 24.6 Å². The number of carboxylic acid groups (broad SMARTS) is 2. The lowest BCUT2D eigenvalue weighted by molar-refractivity contribution is -0.138. The fourth-order valence-electron chi connectivity index (χ4n) is 7.14. The van der Waals surface area contributed by atoms with Crippen LogP contribution in [-0.4, -0.2) is 50.0 Å². The first-order valence-electron chi connectivity index (χ1n) is 15.6. The van der Waals surface area contributed by atoms with E-state index in [1.165, 1.54) is 0 Å². The van der Waals surface area contributed by atoms with Crippen molar-refractivity contribution < 1.29 is 34.4 Å². The van der Waals surface area contributed by atoms with Crippen LogP contribution in [0.5, 0.6) is 0 Å². The molecule has 0 aliphatic carbocycles. The number of hydrogen-bond acceptors (Lipinski definition) is 6. The molecule has 1 unspecified atom stereocenters. The number of aromatic nitrogens is 2. The lowest BCUT2D eigenvalue weighted by atomic mass is 9.90. The van der Waals surface area contributed by atoms with Gasteiger partial charge in [-0.15, -0.1) is 0 Å². The number of nitrogens with one attached hydrogen (secondary N) is 4. The van der Waals surface area contributed by atoms with Gasteiger partial charge in [-0.3, -0.25) is 14.4 Å². The third-order valence-electron chi connectivity index (χ3n) is 9.94. The van der Waals surface area contributed by atoms with Crippen LogP contribution < -0.4 is 10.6 Å². The van der Waals surface area contributed by atoms with E-state index in [1.54, 1.807) is 0 Å². The molecule has 0 saturated carbocycles. The Kier molecular flexibility index (Phi) is 8.82. The predicted molar refractivity (Wildman–Crippen MR) is 163 cm³/mol. The lowest BCUT2D eigenvalue weighted by Gasteiger charge is -2.15. The number of amides is 1. The number of carbonyl (C=O) groups is 3. The molecule has 3 fully saturated rings. The molecule has 3 aliphatic rings. The maximum atomic E-state index is 12.5. The topological polar surface area (TPSA) is 172 Å². The predicted octanol–water partition coefficient (Wildman–Crippen LogP) is 4.43. The van der Waals surface area contributed by atoms with Crippen molar-refractivity contribution in [3.63, 3.8) is 0 Å². The van der Waals surface area contributed by atoms with Crippen LogP contribution in [0.25, 0.3) is 6.08 Å². The number of hydrogen-bond donors (Lipinski definition) is 6. The second-order valence-electron chi connectivity index (χ2n) is 12.4. The van der Waals surface area contributed by atoms with Crippen molar-refractivity contribution in [3.8, 4) is 0 Å². The largest absolute Gasteiger partial charge is 0.481 e. The summed E-state index contributed by atoms with van der Waals surface area (Å²) >= 11 is 0. The second kappa shape index (κ2) is 12.3. The average molecular weight is 609 g/mol. The highest BCUT2D eigenvalue weighted by atomic mass is 17.4. The van der Waals surface area contributed by atoms with Crippen molar-refractivity contribution in [2.75, 3.05) is 0 Å². The van der Waals surface area contributed by atoms with Crippen molar-refractivity contribution >= 4 is 23.9 Å². The van der Waals surface area contributed by atoms with Gasteiger partial charge in [0.2, 0.25) is 5.91 Å². The van der Waals surface area contributed by atoms with Gasteiger partial charge >= 0.3 is 17.8 Å². The zero-order valence-corrected chi connectivity index (χ0v) is 26.3. The lowest BCUT2D eigenvalue weighted by Crippen LogP contribution is -2.30. The van der Waals surface area contributed by atoms with E-state index in [0.717, 1.165) is 62.7 Å². The van der Waals surface area contributed by atoms with E-state index in [-0.39, 0.29) is 42.5 Å². The molecule has 1 amide bonds. The van der Waals surface area contributed by atoms with Gasteiger partial charge < -0.3 is 30.8 Å². The number of aromatic amines is 2. The molecule has 238 valence electrons. The summed E-state index contributed by atoms with van der Waals surface area (Å²) in [5.74, 6) is -2.17. The first-order chi connectivity index (χ1) is 20.9. The number of carbonyl (C=O) groups excluding carboxylic acids is 1. The highest BCUT2D eigenvalue weighted by Gasteiger charge is 2.62. The van der Waals surface area contributed by atoms with Gasteiger partial charge in [-0.1, -0.05) is 26.8 Å². The van der Waals surface area contributed by atoms with E-state index in [0.29, 0.717) is 25.7 Å². The Balaban J connectivity index is 1.50. The number of aliphatic carboxylic acids is 2. The van der Waals surface area contributed by atoms with Crippen molar-refractivity contribution in [1.29, 1.82) is 0 Å². The quantitative estimate of drug-likeness (QED) is 0.117. The molecule has 6 N–H and O–H groups in total. The third-order valence-corrected chi connectivity index (χ3v) is 9.94. The fourth-order valence-corrected chi connectivity index (χ4v) is 7.14. The van der Waals surface area contributed by atoms with E-state index >= 15 is 0 Å². The van der Waals surface area contributed by atoms with Crippen molar-refractivity contribution in [3.05, 3.63) is 62.4 Å². The summed E-state index contributed by atoms with van der Waals surface area (Å²) in [6, 6.07) is -0.0705. The highest BCUT2D eigenvalue weighted by molar-refractivity contribution is 5.96. The van der Waals surface area contributed by atoms with Crippen LogP contribution in [0, 0.1) is 31.6 Å². The normalized spacial score (nSPS) is 25.6. The van der Waals surface area contributed by atoms with Crippen LogP contribution in [-0.2, 0) is 49.8 Å². The molecule has 3 aliphatic heterocycles. The molecule has 5 rings (SSSR count). The van der Waals surface area contributed by atoms with Crippen molar-refractivity contribution in [1.82, 2.24) is 20.6 Å². The molecule has 1 spiro atoms. The molecule has 0 aromatic carbocycles. The van der Waals surface area contributed by atoms with Crippen molar-refractivity contribution in [2.24, 2.45) is 17.8 Å². The van der Waals surface area contributed by atoms with E-state index in [2.05, 4.69) is 40.5 Å². The zero-order chi connectivity index (χ0) is 31.9. The Bertz CT molecular complexity index is 1530. The monoisotopic (exact) mass is 608 g/mol. The molecular weight excluding hydrogens is 564 g/mol. The Morgan fingerprint density at radius 2 is 1.57 bits per heavy atom. The third kappa shape index (κ3) is 5.95. The molecule has 0 radical (unpaired) electrons. The van der Waals surface area contributed by atoms with Gasteiger partial charge in [0, 0.05) is 83.5 Å². The van der Waals surface area contributed by atoms with Gasteiger partial charge in [0.1, 0.15) is 0 Å². The van der Waals surface area contributed by atoms with E-state index in [4.69, 9.17) is 9.78 Å². The van der Waals surface area contributed by atoms with E-state index in [1.807, 2.05) is 33.8 Å². The zero-order valence-electron chi connectivity index (χ0n) is 26.3. The summed E-state index contributed by atoms with van der Waals surface area (Å²) in [4.78, 5) is 53.4. The Morgan fingerprint density at radius 1 is 0.955 bits per heavy atom. The summed E-state index contributed by atoms with van der Waals surface area (Å²) in [7, 11) is 0. The molecule has 44 heavy (non-hydrogen) atoms. The van der Waals surface area contributed by atoms with Gasteiger partial charge in [-0.05, 0) is 68.4 Å². The Hall–Kier alpha value is -3.83. The van der Waals surface area contributed by atoms with Gasteiger partial charge in [0.25, 0.3) is 0 Å². The van der Waals surface area contributed by atoms with Gasteiger partial charge in [0.05, 0.1) is 0 Å². The van der Waals surface area contributed by atoms with Gasteiger partial charge in [0.15, 0.2) is 0 Å². The van der Waals surface area contributed by atoms with Crippen LogP contribution in [0.4, 0.5) is 0 Å². The van der Waals surface area contributed by atoms with E-state index < -0.39 is 17.8 Å². The summed E-state index contributed by atoms with van der Waals surface area (Å²) in [6.07, 6.45) is 6.60. The first kappa shape index (κ1) is 31.6. The molecule has 4 atom stereocenters. The minimum Gasteiger partial charge on any atom is -0.481 e. The fraction of sp³-hybridized carbons (Fsp3) is 0.545. The summed E-state index contributed by atoms with van der Waals surface area (Å²) in [5, 5.41) is 25.5. The van der Waals surface area contributed by atoms with Gasteiger partial charge in [-0.25, -0.2) is 0 Å². The number of carboxylic acids is 2. The van der Waals surface area contributed by atoms with Crippen LogP contribution in [0.1, 0.15) is 92.0 Å². The molecule has 11 heteroatoms. The van der Waals surface area contributed by atoms with Gasteiger partial charge in [-0.2, -0.15) is 9.78 Å². The van der Waals surface area contributed by atoms with Crippen LogP contribution >= 0.6 is 0 Å². The Labute approximate surface area is 257 Å². The second-order valence-corrected chi connectivity index (χ2v) is 12.4. The SMILES string of the molecule is C/C=C1\C(=O)N[C@H](Cc2[nH]c(Cc3[nH]c(/C=C4\NC5(OO5)[C@H](C)[C@H]4CC)c(C)c3CCC(=O)O)c(CCC(=O)O)c2C)C1C. The maximum Gasteiger partial charge on any atom is 0.311 e.